The van der Waals surface area contributed by atoms with Gasteiger partial charge >= 0.3 is 0 Å². The average Bonchev–Trinajstić information content (AvgIpc) is 2.65. The molecule has 0 aliphatic heterocycles. The fraction of sp³-hybridized carbons (Fsp3) is 0.409. The predicted molar refractivity (Wildman–Crippen MR) is 103 cm³/mol. The number of benzene rings is 2. The number of aryl methyl sites for hydroxylation is 2. The van der Waals surface area contributed by atoms with Crippen LogP contribution in [0.5, 0.6) is 5.75 Å². The summed E-state index contributed by atoms with van der Waals surface area (Å²) in [4.78, 5) is 12.5. The summed E-state index contributed by atoms with van der Waals surface area (Å²) in [6.45, 7) is 6.14. The van der Waals surface area contributed by atoms with Gasteiger partial charge in [-0.3, -0.25) is 4.79 Å². The van der Waals surface area contributed by atoms with Crippen molar-refractivity contribution < 1.29 is 9.53 Å². The largest absolute Gasteiger partial charge is 0.481 e. The van der Waals surface area contributed by atoms with Gasteiger partial charge in [0.1, 0.15) is 5.75 Å². The van der Waals surface area contributed by atoms with Crippen LogP contribution in [0.2, 0.25) is 0 Å². The van der Waals surface area contributed by atoms with E-state index in [1.54, 1.807) is 0 Å². The van der Waals surface area contributed by atoms with E-state index in [4.69, 9.17) is 4.74 Å². The molecule has 0 spiro atoms. The van der Waals surface area contributed by atoms with E-state index < -0.39 is 6.10 Å². The van der Waals surface area contributed by atoms with Crippen molar-refractivity contribution in [2.24, 2.45) is 0 Å². The molecule has 2 rings (SSSR count). The molecule has 3 nitrogen and oxygen atoms in total. The Balaban J connectivity index is 1.83. The summed E-state index contributed by atoms with van der Waals surface area (Å²) in [5, 5.41) is 3.08. The summed E-state index contributed by atoms with van der Waals surface area (Å²) in [7, 11) is 0. The topological polar surface area (TPSA) is 38.3 Å². The molecule has 2 aromatic carbocycles. The molecule has 2 atom stereocenters. The molecule has 0 aliphatic rings. The van der Waals surface area contributed by atoms with Gasteiger partial charge in [0.05, 0.1) is 0 Å². The van der Waals surface area contributed by atoms with Crippen molar-refractivity contribution in [3.05, 3.63) is 65.7 Å². The summed E-state index contributed by atoms with van der Waals surface area (Å²) < 4.78 is 5.88. The lowest BCUT2D eigenvalue weighted by Gasteiger charge is -2.20. The quantitative estimate of drug-likeness (QED) is 0.728. The predicted octanol–water partition coefficient (Wildman–Crippen LogP) is 4.54. The van der Waals surface area contributed by atoms with Gasteiger partial charge in [-0.05, 0) is 55.9 Å². The zero-order chi connectivity index (χ0) is 18.1. The third kappa shape index (κ3) is 6.26. The molecule has 0 radical (unpaired) electrons. The number of rotatable bonds is 9. The van der Waals surface area contributed by atoms with Crippen LogP contribution >= 0.6 is 0 Å². The third-order valence-electron chi connectivity index (χ3n) is 4.37. The Bertz CT molecular complexity index is 637. The Morgan fingerprint density at radius 1 is 1.00 bits per heavy atom. The number of ether oxygens (including phenoxy) is 1. The number of carbonyl (C=O) groups excluding carboxylic acids is 1. The zero-order valence-corrected chi connectivity index (χ0v) is 15.5. The molecule has 0 saturated carbocycles. The van der Waals surface area contributed by atoms with Crippen molar-refractivity contribution >= 4 is 5.91 Å². The minimum atomic E-state index is -0.452. The van der Waals surface area contributed by atoms with E-state index in [-0.39, 0.29) is 11.9 Å². The van der Waals surface area contributed by atoms with Crippen molar-refractivity contribution in [1.82, 2.24) is 5.32 Å². The molecule has 0 unspecified atom stereocenters. The Labute approximate surface area is 151 Å². The number of hydrogen-bond acceptors (Lipinski definition) is 2. The van der Waals surface area contributed by atoms with Gasteiger partial charge in [-0.2, -0.15) is 0 Å². The van der Waals surface area contributed by atoms with Crippen molar-refractivity contribution in [2.45, 2.75) is 58.6 Å². The first-order chi connectivity index (χ1) is 12.1. The van der Waals surface area contributed by atoms with Crippen LogP contribution in [0.1, 0.15) is 44.7 Å². The van der Waals surface area contributed by atoms with E-state index >= 15 is 0 Å². The van der Waals surface area contributed by atoms with Gasteiger partial charge in [-0.1, -0.05) is 56.3 Å². The third-order valence-corrected chi connectivity index (χ3v) is 4.37. The highest BCUT2D eigenvalue weighted by atomic mass is 16.5. The minimum Gasteiger partial charge on any atom is -0.481 e. The van der Waals surface area contributed by atoms with Crippen molar-refractivity contribution in [2.75, 3.05) is 0 Å². The fourth-order valence-corrected chi connectivity index (χ4v) is 2.73. The molecule has 0 heterocycles. The van der Waals surface area contributed by atoms with E-state index in [2.05, 4.69) is 24.4 Å². The van der Waals surface area contributed by atoms with Crippen LogP contribution in [-0.2, 0) is 17.6 Å². The fourth-order valence-electron chi connectivity index (χ4n) is 2.73. The van der Waals surface area contributed by atoms with Gasteiger partial charge in [0.25, 0.3) is 5.91 Å². The lowest BCUT2D eigenvalue weighted by atomic mass is 10.1. The summed E-state index contributed by atoms with van der Waals surface area (Å²) in [5.41, 5.74) is 2.56. The first-order valence-corrected chi connectivity index (χ1v) is 9.22. The Kier molecular flexibility index (Phi) is 7.52. The maximum atomic E-state index is 12.5. The van der Waals surface area contributed by atoms with E-state index in [0.29, 0.717) is 6.42 Å². The Morgan fingerprint density at radius 2 is 1.68 bits per heavy atom. The van der Waals surface area contributed by atoms with Gasteiger partial charge in [0, 0.05) is 6.04 Å². The maximum Gasteiger partial charge on any atom is 0.261 e. The summed E-state index contributed by atoms with van der Waals surface area (Å²) in [5.74, 6) is 0.707. The second-order valence-corrected chi connectivity index (χ2v) is 6.45. The van der Waals surface area contributed by atoms with Crippen LogP contribution in [-0.4, -0.2) is 18.1 Å². The molecule has 0 aliphatic carbocycles. The monoisotopic (exact) mass is 339 g/mol. The van der Waals surface area contributed by atoms with Crippen LogP contribution in [0.25, 0.3) is 0 Å². The minimum absolute atomic E-state index is 0.0392. The van der Waals surface area contributed by atoms with Crippen LogP contribution in [0, 0.1) is 0 Å². The summed E-state index contributed by atoms with van der Waals surface area (Å²) in [6, 6.07) is 18.4. The Hall–Kier alpha value is -2.29. The van der Waals surface area contributed by atoms with Crippen molar-refractivity contribution in [3.63, 3.8) is 0 Å². The number of hydrogen-bond donors (Lipinski definition) is 1. The van der Waals surface area contributed by atoms with Gasteiger partial charge in [0.15, 0.2) is 6.10 Å². The van der Waals surface area contributed by atoms with Crippen LogP contribution < -0.4 is 10.1 Å². The van der Waals surface area contributed by atoms with Crippen molar-refractivity contribution in [3.8, 4) is 5.75 Å². The van der Waals surface area contributed by atoms with Crippen LogP contribution in [0.3, 0.4) is 0 Å². The average molecular weight is 339 g/mol. The second-order valence-electron chi connectivity index (χ2n) is 6.45. The Morgan fingerprint density at radius 3 is 2.28 bits per heavy atom. The molecule has 3 heteroatoms. The molecule has 25 heavy (non-hydrogen) atoms. The smallest absolute Gasteiger partial charge is 0.261 e. The normalized spacial score (nSPS) is 13.1. The molecule has 1 N–H and O–H groups in total. The van der Waals surface area contributed by atoms with E-state index in [9.17, 15) is 4.79 Å². The molecule has 1 amide bonds. The highest BCUT2D eigenvalue weighted by molar-refractivity contribution is 5.81. The highest BCUT2D eigenvalue weighted by Gasteiger charge is 2.20. The highest BCUT2D eigenvalue weighted by Crippen LogP contribution is 2.16. The van der Waals surface area contributed by atoms with E-state index in [1.807, 2.05) is 56.3 Å². The number of carbonyl (C=O) groups is 1. The SMILES string of the molecule is CCc1ccc(O[C@H](CC)C(=O)N[C@H](C)CCc2ccccc2)cc1. The molecule has 0 aromatic heterocycles. The lowest BCUT2D eigenvalue weighted by molar-refractivity contribution is -0.128. The van der Waals surface area contributed by atoms with Gasteiger partial charge in [-0.15, -0.1) is 0 Å². The summed E-state index contributed by atoms with van der Waals surface area (Å²) in [6.07, 6.45) is 3.06. The van der Waals surface area contributed by atoms with E-state index in [0.717, 1.165) is 25.0 Å². The van der Waals surface area contributed by atoms with Gasteiger partial charge < -0.3 is 10.1 Å². The first-order valence-electron chi connectivity index (χ1n) is 9.22. The molecule has 0 saturated heterocycles. The van der Waals surface area contributed by atoms with Gasteiger partial charge in [0.2, 0.25) is 0 Å². The number of nitrogens with one attached hydrogen (secondary N) is 1. The molecule has 134 valence electrons. The molecule has 2 aromatic rings. The standard InChI is InChI=1S/C22H29NO2/c1-4-18-13-15-20(16-14-18)25-21(5-2)22(24)23-17(3)11-12-19-9-7-6-8-10-19/h6-10,13-17,21H,4-5,11-12H2,1-3H3,(H,23,24)/t17-,21-/m1/s1. The molecular formula is C22H29NO2. The van der Waals surface area contributed by atoms with Crippen molar-refractivity contribution in [1.29, 1.82) is 0 Å². The maximum absolute atomic E-state index is 12.5. The second kappa shape index (κ2) is 9.87. The van der Waals surface area contributed by atoms with Crippen LogP contribution in [0.4, 0.5) is 0 Å². The van der Waals surface area contributed by atoms with E-state index in [1.165, 1.54) is 11.1 Å². The molecule has 0 fully saturated rings. The summed E-state index contributed by atoms with van der Waals surface area (Å²) >= 11 is 0. The van der Waals surface area contributed by atoms with Crippen LogP contribution in [0.15, 0.2) is 54.6 Å². The number of amides is 1. The molecular weight excluding hydrogens is 310 g/mol. The lowest BCUT2D eigenvalue weighted by Crippen LogP contribution is -2.42. The zero-order valence-electron chi connectivity index (χ0n) is 15.5. The van der Waals surface area contributed by atoms with Gasteiger partial charge in [-0.25, -0.2) is 0 Å². The first kappa shape index (κ1) is 19.0. The molecule has 0 bridgehead atoms.